The molecule has 0 bridgehead atoms. The van der Waals surface area contributed by atoms with Gasteiger partial charge >= 0.3 is 0 Å². The third kappa shape index (κ3) is 6.72. The van der Waals surface area contributed by atoms with Gasteiger partial charge in [-0.3, -0.25) is 9.10 Å². The molecule has 196 valence electrons. The van der Waals surface area contributed by atoms with Crippen molar-refractivity contribution in [3.63, 3.8) is 0 Å². The molecule has 0 atom stereocenters. The summed E-state index contributed by atoms with van der Waals surface area (Å²) in [4.78, 5) is 20.4. The normalized spacial score (nSPS) is 11.5. The molecule has 12 heteroatoms. The van der Waals surface area contributed by atoms with Crippen LogP contribution in [0.4, 0.5) is 17.3 Å². The van der Waals surface area contributed by atoms with E-state index >= 15 is 0 Å². The van der Waals surface area contributed by atoms with Crippen molar-refractivity contribution in [3.8, 4) is 0 Å². The van der Waals surface area contributed by atoms with Crippen molar-refractivity contribution in [1.29, 1.82) is 0 Å². The lowest BCUT2D eigenvalue weighted by molar-refractivity contribution is 0.102. The number of amides is 1. The molecule has 0 radical (unpaired) electrons. The van der Waals surface area contributed by atoms with Crippen LogP contribution in [0.5, 0.6) is 0 Å². The van der Waals surface area contributed by atoms with Gasteiger partial charge in [0.25, 0.3) is 15.9 Å². The summed E-state index contributed by atoms with van der Waals surface area (Å²) < 4.78 is 53.5. The molecule has 0 unspecified atom stereocenters. The third-order valence-electron chi connectivity index (χ3n) is 5.48. The fourth-order valence-electron chi connectivity index (χ4n) is 3.49. The Morgan fingerprint density at radius 1 is 0.842 bits per heavy atom. The van der Waals surface area contributed by atoms with Crippen LogP contribution in [0.25, 0.3) is 0 Å². The standard InChI is InChI=1S/C26H25N5O5S2/c1-19-4-6-20(7-5-19)18-31(37(2,33)34)23-12-8-21(9-13-23)25(32)29-22-10-14-24(15-11-22)38(35,36)30-26-27-16-3-17-28-26/h3-17H,18H2,1-2H3,(H,29,32)(H,27,28,30). The minimum Gasteiger partial charge on any atom is -0.322 e. The molecule has 1 heterocycles. The predicted octanol–water partition coefficient (Wildman–Crippen LogP) is 3.80. The summed E-state index contributed by atoms with van der Waals surface area (Å²) in [6.07, 6.45) is 3.96. The number of hydrogen-bond acceptors (Lipinski definition) is 7. The number of sulfonamides is 2. The molecule has 1 aromatic heterocycles. The number of anilines is 3. The van der Waals surface area contributed by atoms with E-state index in [2.05, 4.69) is 20.0 Å². The minimum absolute atomic E-state index is 0.0262. The van der Waals surface area contributed by atoms with E-state index in [0.717, 1.165) is 17.4 Å². The summed E-state index contributed by atoms with van der Waals surface area (Å²) in [5.41, 5.74) is 3.02. The number of aromatic nitrogens is 2. The average molecular weight is 552 g/mol. The van der Waals surface area contributed by atoms with Gasteiger partial charge in [-0.05, 0) is 67.1 Å². The van der Waals surface area contributed by atoms with Crippen molar-refractivity contribution in [3.05, 3.63) is 108 Å². The molecular formula is C26H25N5O5S2. The van der Waals surface area contributed by atoms with Gasteiger partial charge in [-0.25, -0.2) is 31.5 Å². The van der Waals surface area contributed by atoms with Gasteiger partial charge in [0.05, 0.1) is 23.4 Å². The highest BCUT2D eigenvalue weighted by molar-refractivity contribution is 7.92. The molecule has 3 aromatic carbocycles. The second kappa shape index (κ2) is 11.0. The molecule has 10 nitrogen and oxygen atoms in total. The van der Waals surface area contributed by atoms with E-state index in [1.807, 2.05) is 31.2 Å². The van der Waals surface area contributed by atoms with Crippen LogP contribution in [0, 0.1) is 6.92 Å². The summed E-state index contributed by atoms with van der Waals surface area (Å²) in [7, 11) is -7.48. The zero-order valence-electron chi connectivity index (χ0n) is 20.6. The van der Waals surface area contributed by atoms with Crippen LogP contribution in [-0.4, -0.2) is 39.0 Å². The van der Waals surface area contributed by atoms with Crippen LogP contribution in [0.3, 0.4) is 0 Å². The summed E-state index contributed by atoms with van der Waals surface area (Å²) in [6.45, 7) is 2.11. The van der Waals surface area contributed by atoms with Crippen molar-refractivity contribution in [1.82, 2.24) is 9.97 Å². The smallest absolute Gasteiger partial charge is 0.264 e. The Balaban J connectivity index is 1.44. The number of aryl methyl sites for hydroxylation is 1. The van der Waals surface area contributed by atoms with Gasteiger partial charge in [0.15, 0.2) is 0 Å². The van der Waals surface area contributed by atoms with Gasteiger partial charge in [-0.2, -0.15) is 0 Å². The Labute approximate surface area is 221 Å². The predicted molar refractivity (Wildman–Crippen MR) is 146 cm³/mol. The SMILES string of the molecule is Cc1ccc(CN(c2ccc(C(=O)Nc3ccc(S(=O)(=O)Nc4ncccn4)cc3)cc2)S(C)(=O)=O)cc1. The molecule has 1 amide bonds. The zero-order chi connectivity index (χ0) is 27.3. The van der Waals surface area contributed by atoms with E-state index in [-0.39, 0.29) is 17.4 Å². The Morgan fingerprint density at radius 3 is 2.03 bits per heavy atom. The maximum absolute atomic E-state index is 12.7. The van der Waals surface area contributed by atoms with Crippen molar-refractivity contribution < 1.29 is 21.6 Å². The molecular weight excluding hydrogens is 526 g/mol. The van der Waals surface area contributed by atoms with Crippen molar-refractivity contribution in [2.45, 2.75) is 18.4 Å². The van der Waals surface area contributed by atoms with Crippen LogP contribution in [0.15, 0.2) is 96.2 Å². The highest BCUT2D eigenvalue weighted by Gasteiger charge is 2.19. The first-order valence-corrected chi connectivity index (χ1v) is 14.7. The molecule has 38 heavy (non-hydrogen) atoms. The third-order valence-corrected chi connectivity index (χ3v) is 7.96. The lowest BCUT2D eigenvalue weighted by Gasteiger charge is -2.23. The molecule has 0 aliphatic rings. The molecule has 0 aliphatic heterocycles. The summed E-state index contributed by atoms with van der Waals surface area (Å²) in [5, 5.41) is 2.70. The van der Waals surface area contributed by atoms with E-state index < -0.39 is 26.0 Å². The lowest BCUT2D eigenvalue weighted by Crippen LogP contribution is -2.29. The summed E-state index contributed by atoms with van der Waals surface area (Å²) in [6, 6.07) is 20.9. The van der Waals surface area contributed by atoms with Crippen LogP contribution in [-0.2, 0) is 26.6 Å². The Bertz CT molecular complexity index is 1630. The lowest BCUT2D eigenvalue weighted by atomic mass is 10.1. The number of carbonyl (C=O) groups excluding carboxylic acids is 1. The van der Waals surface area contributed by atoms with Gasteiger partial charge < -0.3 is 5.32 Å². The first-order valence-electron chi connectivity index (χ1n) is 11.4. The number of rotatable bonds is 9. The Hall–Kier alpha value is -4.29. The Morgan fingerprint density at radius 2 is 1.45 bits per heavy atom. The first-order chi connectivity index (χ1) is 18.0. The second-order valence-corrected chi connectivity index (χ2v) is 12.0. The molecule has 4 rings (SSSR count). The van der Waals surface area contributed by atoms with Crippen molar-refractivity contribution >= 4 is 43.3 Å². The zero-order valence-corrected chi connectivity index (χ0v) is 22.2. The number of nitrogens with zero attached hydrogens (tertiary/aromatic N) is 3. The molecule has 4 aromatic rings. The van der Waals surface area contributed by atoms with Crippen LogP contribution in [0.1, 0.15) is 21.5 Å². The highest BCUT2D eigenvalue weighted by atomic mass is 32.2. The highest BCUT2D eigenvalue weighted by Crippen LogP contribution is 2.22. The van der Waals surface area contributed by atoms with Crippen LogP contribution >= 0.6 is 0 Å². The minimum atomic E-state index is -3.90. The van der Waals surface area contributed by atoms with E-state index in [4.69, 9.17) is 0 Å². The fraction of sp³-hybridized carbons (Fsp3) is 0.115. The molecule has 0 spiro atoms. The van der Waals surface area contributed by atoms with Gasteiger partial charge in [0, 0.05) is 23.6 Å². The number of carbonyl (C=O) groups is 1. The maximum atomic E-state index is 12.7. The van der Waals surface area contributed by atoms with Crippen molar-refractivity contribution in [2.24, 2.45) is 0 Å². The fourth-order valence-corrected chi connectivity index (χ4v) is 5.34. The van der Waals surface area contributed by atoms with Gasteiger partial charge in [-0.1, -0.05) is 29.8 Å². The van der Waals surface area contributed by atoms with Gasteiger partial charge in [-0.15, -0.1) is 0 Å². The number of nitrogens with one attached hydrogen (secondary N) is 2. The maximum Gasteiger partial charge on any atom is 0.264 e. The van der Waals surface area contributed by atoms with Gasteiger partial charge in [0.2, 0.25) is 16.0 Å². The monoisotopic (exact) mass is 551 g/mol. The van der Waals surface area contributed by atoms with Crippen LogP contribution < -0.4 is 14.3 Å². The van der Waals surface area contributed by atoms with E-state index in [1.165, 1.54) is 53.1 Å². The largest absolute Gasteiger partial charge is 0.322 e. The number of benzene rings is 3. The molecule has 0 aliphatic carbocycles. The quantitative estimate of drug-likeness (QED) is 0.323. The topological polar surface area (TPSA) is 138 Å². The summed E-state index contributed by atoms with van der Waals surface area (Å²) in [5.74, 6) is -0.492. The van der Waals surface area contributed by atoms with E-state index in [1.54, 1.807) is 18.2 Å². The molecule has 0 fully saturated rings. The summed E-state index contributed by atoms with van der Waals surface area (Å²) >= 11 is 0. The molecule has 0 saturated heterocycles. The number of hydrogen-bond donors (Lipinski definition) is 2. The van der Waals surface area contributed by atoms with Gasteiger partial charge in [0.1, 0.15) is 0 Å². The molecule has 2 N–H and O–H groups in total. The first kappa shape index (κ1) is 26.8. The second-order valence-electron chi connectivity index (χ2n) is 8.46. The van der Waals surface area contributed by atoms with E-state index in [0.29, 0.717) is 16.9 Å². The average Bonchev–Trinajstić information content (AvgIpc) is 2.88. The van der Waals surface area contributed by atoms with E-state index in [9.17, 15) is 21.6 Å². The molecule has 0 saturated carbocycles. The van der Waals surface area contributed by atoms with Crippen LogP contribution in [0.2, 0.25) is 0 Å². The van der Waals surface area contributed by atoms with Crippen molar-refractivity contribution in [2.75, 3.05) is 20.6 Å². The Kier molecular flexibility index (Phi) is 7.74.